The maximum Gasteiger partial charge on any atom is 0.119 e. The summed E-state index contributed by atoms with van der Waals surface area (Å²) in [6.45, 7) is 2.70. The summed E-state index contributed by atoms with van der Waals surface area (Å²) in [6, 6.07) is 9.92. The summed E-state index contributed by atoms with van der Waals surface area (Å²) in [4.78, 5) is 0. The van der Waals surface area contributed by atoms with Crippen LogP contribution < -0.4 is 10.1 Å². The standard InChI is InChI=1S/C14H22ClNO/c15-10-6-1-2-7-11-16-12-13-17-14-8-4-3-5-9-14/h3-5,8-9,16H,1-2,6-7,10-13H2. The van der Waals surface area contributed by atoms with E-state index in [0.29, 0.717) is 0 Å². The van der Waals surface area contributed by atoms with Gasteiger partial charge in [-0.3, -0.25) is 0 Å². The van der Waals surface area contributed by atoms with Crippen LogP contribution in [-0.4, -0.2) is 25.6 Å². The van der Waals surface area contributed by atoms with Gasteiger partial charge < -0.3 is 10.1 Å². The zero-order valence-corrected chi connectivity index (χ0v) is 11.1. The van der Waals surface area contributed by atoms with Gasteiger partial charge in [0.05, 0.1) is 0 Å². The lowest BCUT2D eigenvalue weighted by atomic mass is 10.2. The molecule has 3 heteroatoms. The highest BCUT2D eigenvalue weighted by molar-refractivity contribution is 6.17. The molecule has 0 saturated heterocycles. The number of halogens is 1. The summed E-state index contributed by atoms with van der Waals surface area (Å²) in [5, 5.41) is 3.37. The molecule has 0 aliphatic rings. The van der Waals surface area contributed by atoms with Gasteiger partial charge in [-0.05, 0) is 31.5 Å². The van der Waals surface area contributed by atoms with Gasteiger partial charge in [-0.15, -0.1) is 11.6 Å². The van der Waals surface area contributed by atoms with Crippen LogP contribution in [-0.2, 0) is 0 Å². The molecule has 0 heterocycles. The quantitative estimate of drug-likeness (QED) is 0.511. The molecule has 0 radical (unpaired) electrons. The third-order valence-corrected chi connectivity index (χ3v) is 2.80. The minimum Gasteiger partial charge on any atom is -0.492 e. The Labute approximate surface area is 109 Å². The maximum absolute atomic E-state index is 5.61. The Bertz CT molecular complexity index is 266. The summed E-state index contributed by atoms with van der Waals surface area (Å²) < 4.78 is 5.57. The van der Waals surface area contributed by atoms with E-state index in [0.717, 1.165) is 37.7 Å². The Morgan fingerprint density at radius 2 is 1.71 bits per heavy atom. The molecule has 1 rings (SSSR count). The third-order valence-electron chi connectivity index (χ3n) is 2.53. The first-order chi connectivity index (χ1) is 8.43. The predicted octanol–water partition coefficient (Wildman–Crippen LogP) is 3.45. The second-order valence-corrected chi connectivity index (χ2v) is 4.39. The van der Waals surface area contributed by atoms with Gasteiger partial charge in [-0.25, -0.2) is 0 Å². The zero-order chi connectivity index (χ0) is 12.2. The van der Waals surface area contributed by atoms with Crippen molar-refractivity contribution in [2.24, 2.45) is 0 Å². The summed E-state index contributed by atoms with van der Waals surface area (Å²) >= 11 is 5.61. The Morgan fingerprint density at radius 1 is 0.941 bits per heavy atom. The van der Waals surface area contributed by atoms with E-state index in [1.165, 1.54) is 19.3 Å². The normalized spacial score (nSPS) is 10.4. The van der Waals surface area contributed by atoms with Gasteiger partial charge in [0, 0.05) is 12.4 Å². The number of unbranched alkanes of at least 4 members (excludes halogenated alkanes) is 3. The fraction of sp³-hybridized carbons (Fsp3) is 0.571. The Morgan fingerprint density at radius 3 is 2.47 bits per heavy atom. The fourth-order valence-electron chi connectivity index (χ4n) is 1.58. The first-order valence-electron chi connectivity index (χ1n) is 6.38. The van der Waals surface area contributed by atoms with Crippen molar-refractivity contribution >= 4 is 11.6 Å². The molecule has 1 N–H and O–H groups in total. The number of hydrogen-bond acceptors (Lipinski definition) is 2. The minimum absolute atomic E-state index is 0.728. The van der Waals surface area contributed by atoms with Crippen molar-refractivity contribution in [3.05, 3.63) is 30.3 Å². The molecule has 0 spiro atoms. The van der Waals surface area contributed by atoms with Gasteiger partial charge in [0.25, 0.3) is 0 Å². The van der Waals surface area contributed by atoms with Crippen molar-refractivity contribution < 1.29 is 4.74 Å². The smallest absolute Gasteiger partial charge is 0.119 e. The van der Waals surface area contributed by atoms with Crippen LogP contribution in [0.25, 0.3) is 0 Å². The second-order valence-electron chi connectivity index (χ2n) is 4.01. The molecular formula is C14H22ClNO. The van der Waals surface area contributed by atoms with Gasteiger partial charge in [0.15, 0.2) is 0 Å². The van der Waals surface area contributed by atoms with E-state index in [-0.39, 0.29) is 0 Å². The molecule has 0 fully saturated rings. The lowest BCUT2D eigenvalue weighted by Crippen LogP contribution is -2.22. The number of nitrogens with one attached hydrogen (secondary N) is 1. The molecule has 0 atom stereocenters. The van der Waals surface area contributed by atoms with Crippen molar-refractivity contribution in [3.63, 3.8) is 0 Å². The van der Waals surface area contributed by atoms with E-state index in [1.807, 2.05) is 30.3 Å². The van der Waals surface area contributed by atoms with Crippen molar-refractivity contribution in [1.82, 2.24) is 5.32 Å². The molecule has 1 aromatic rings. The highest BCUT2D eigenvalue weighted by atomic mass is 35.5. The van der Waals surface area contributed by atoms with Crippen molar-refractivity contribution in [2.75, 3.05) is 25.6 Å². The van der Waals surface area contributed by atoms with Gasteiger partial charge in [-0.1, -0.05) is 31.0 Å². The van der Waals surface area contributed by atoms with Gasteiger partial charge in [-0.2, -0.15) is 0 Å². The molecule has 0 saturated carbocycles. The van der Waals surface area contributed by atoms with E-state index < -0.39 is 0 Å². The average Bonchev–Trinajstić information content (AvgIpc) is 2.38. The number of rotatable bonds is 10. The predicted molar refractivity (Wildman–Crippen MR) is 74.0 cm³/mol. The Hall–Kier alpha value is -0.730. The first-order valence-corrected chi connectivity index (χ1v) is 6.91. The largest absolute Gasteiger partial charge is 0.492 e. The first kappa shape index (κ1) is 14.3. The highest BCUT2D eigenvalue weighted by Gasteiger charge is 1.92. The van der Waals surface area contributed by atoms with Crippen LogP contribution in [0.15, 0.2) is 30.3 Å². The van der Waals surface area contributed by atoms with Gasteiger partial charge in [0.1, 0.15) is 12.4 Å². The number of benzene rings is 1. The van der Waals surface area contributed by atoms with E-state index in [2.05, 4.69) is 5.32 Å². The number of alkyl halides is 1. The molecule has 17 heavy (non-hydrogen) atoms. The lowest BCUT2D eigenvalue weighted by Gasteiger charge is -2.07. The van der Waals surface area contributed by atoms with Crippen molar-refractivity contribution in [1.29, 1.82) is 0 Å². The van der Waals surface area contributed by atoms with Crippen LogP contribution in [0.2, 0.25) is 0 Å². The zero-order valence-electron chi connectivity index (χ0n) is 10.3. The third kappa shape index (κ3) is 8.06. The lowest BCUT2D eigenvalue weighted by molar-refractivity contribution is 0.313. The average molecular weight is 256 g/mol. The number of ether oxygens (including phenoxy) is 1. The Kier molecular flexibility index (Phi) is 8.79. The monoisotopic (exact) mass is 255 g/mol. The van der Waals surface area contributed by atoms with E-state index in [4.69, 9.17) is 16.3 Å². The van der Waals surface area contributed by atoms with E-state index in [9.17, 15) is 0 Å². The van der Waals surface area contributed by atoms with Crippen LogP contribution in [0, 0.1) is 0 Å². The molecule has 0 unspecified atom stereocenters. The van der Waals surface area contributed by atoms with Crippen LogP contribution >= 0.6 is 11.6 Å². The maximum atomic E-state index is 5.61. The van der Waals surface area contributed by atoms with Crippen LogP contribution in [0.3, 0.4) is 0 Å². The second kappa shape index (κ2) is 10.4. The topological polar surface area (TPSA) is 21.3 Å². The molecule has 0 aliphatic heterocycles. The molecule has 2 nitrogen and oxygen atoms in total. The van der Waals surface area contributed by atoms with Crippen molar-refractivity contribution in [2.45, 2.75) is 25.7 Å². The summed E-state index contributed by atoms with van der Waals surface area (Å²) in [7, 11) is 0. The molecule has 0 aromatic heterocycles. The molecular weight excluding hydrogens is 234 g/mol. The van der Waals surface area contributed by atoms with Crippen LogP contribution in [0.5, 0.6) is 5.75 Å². The SMILES string of the molecule is ClCCCCCCNCCOc1ccccc1. The number of para-hydroxylation sites is 1. The molecule has 0 aliphatic carbocycles. The van der Waals surface area contributed by atoms with Crippen LogP contribution in [0.4, 0.5) is 0 Å². The van der Waals surface area contributed by atoms with E-state index in [1.54, 1.807) is 0 Å². The Balaban J connectivity index is 1.85. The van der Waals surface area contributed by atoms with E-state index >= 15 is 0 Å². The van der Waals surface area contributed by atoms with Crippen LogP contribution in [0.1, 0.15) is 25.7 Å². The summed E-state index contributed by atoms with van der Waals surface area (Å²) in [5.74, 6) is 1.73. The molecule has 96 valence electrons. The molecule has 0 bridgehead atoms. The molecule has 1 aromatic carbocycles. The summed E-state index contributed by atoms with van der Waals surface area (Å²) in [6.07, 6.45) is 4.87. The van der Waals surface area contributed by atoms with Gasteiger partial charge in [0.2, 0.25) is 0 Å². The fourth-order valence-corrected chi connectivity index (χ4v) is 1.77. The number of hydrogen-bond donors (Lipinski definition) is 1. The van der Waals surface area contributed by atoms with Gasteiger partial charge >= 0.3 is 0 Å². The highest BCUT2D eigenvalue weighted by Crippen LogP contribution is 2.07. The molecule has 0 amide bonds. The van der Waals surface area contributed by atoms with Crippen molar-refractivity contribution in [3.8, 4) is 5.75 Å². The minimum atomic E-state index is 0.728. The summed E-state index contributed by atoms with van der Waals surface area (Å²) in [5.41, 5.74) is 0.